The minimum Gasteiger partial charge on any atom is -0.508 e. The third-order valence-electron chi connectivity index (χ3n) is 4.55. The zero-order chi connectivity index (χ0) is 14.9. The van der Waals surface area contributed by atoms with E-state index in [-0.39, 0.29) is 17.2 Å². The summed E-state index contributed by atoms with van der Waals surface area (Å²) in [6.45, 7) is 2.60. The van der Waals surface area contributed by atoms with Crippen LogP contribution < -0.4 is 0 Å². The van der Waals surface area contributed by atoms with Crippen molar-refractivity contribution in [3.8, 4) is 5.75 Å². The van der Waals surface area contributed by atoms with E-state index >= 15 is 0 Å². The molecular formula is C16H24N2O2. The summed E-state index contributed by atoms with van der Waals surface area (Å²) in [4.78, 5) is 16.6. The number of carbonyl (C=O) groups is 1. The van der Waals surface area contributed by atoms with Gasteiger partial charge in [-0.05, 0) is 64.0 Å². The molecule has 1 fully saturated rings. The van der Waals surface area contributed by atoms with E-state index in [1.807, 2.05) is 14.0 Å². The summed E-state index contributed by atoms with van der Waals surface area (Å²) in [5.74, 6) is 0.223. The monoisotopic (exact) mass is 276 g/mol. The second-order valence-corrected chi connectivity index (χ2v) is 6.13. The summed E-state index contributed by atoms with van der Waals surface area (Å²) in [5.41, 5.74) is 1.61. The Morgan fingerprint density at radius 2 is 1.95 bits per heavy atom. The van der Waals surface area contributed by atoms with Gasteiger partial charge in [0.1, 0.15) is 5.75 Å². The lowest BCUT2D eigenvalue weighted by Gasteiger charge is -2.49. The number of carbonyl (C=O) groups excluding carboxylic acids is 1. The van der Waals surface area contributed by atoms with Crippen LogP contribution in [-0.2, 0) is 0 Å². The molecule has 1 aromatic carbocycles. The maximum atomic E-state index is 12.5. The minimum absolute atomic E-state index is 0.0237. The molecule has 0 heterocycles. The van der Waals surface area contributed by atoms with Crippen LogP contribution in [0.4, 0.5) is 0 Å². The molecular weight excluding hydrogens is 252 g/mol. The summed E-state index contributed by atoms with van der Waals surface area (Å²) in [6.07, 6.45) is 3.52. The van der Waals surface area contributed by atoms with Crippen molar-refractivity contribution >= 4 is 5.91 Å². The van der Waals surface area contributed by atoms with Crippen LogP contribution in [0.25, 0.3) is 0 Å². The fourth-order valence-corrected chi connectivity index (χ4v) is 2.94. The van der Waals surface area contributed by atoms with E-state index in [0.29, 0.717) is 5.56 Å². The van der Waals surface area contributed by atoms with Crippen LogP contribution in [0, 0.1) is 6.92 Å². The number of hydrogen-bond acceptors (Lipinski definition) is 3. The van der Waals surface area contributed by atoms with Gasteiger partial charge in [0.05, 0.1) is 0 Å². The molecule has 4 heteroatoms. The highest BCUT2D eigenvalue weighted by molar-refractivity contribution is 5.95. The van der Waals surface area contributed by atoms with Crippen molar-refractivity contribution in [2.24, 2.45) is 0 Å². The number of phenols is 1. The second kappa shape index (κ2) is 5.44. The molecule has 1 aromatic rings. The largest absolute Gasteiger partial charge is 0.508 e. The van der Waals surface area contributed by atoms with Gasteiger partial charge in [-0.2, -0.15) is 0 Å². The fourth-order valence-electron chi connectivity index (χ4n) is 2.94. The average molecular weight is 276 g/mol. The fraction of sp³-hybridized carbons (Fsp3) is 0.562. The Kier molecular flexibility index (Phi) is 4.04. The highest BCUT2D eigenvalue weighted by Gasteiger charge is 2.40. The van der Waals surface area contributed by atoms with E-state index in [2.05, 4.69) is 19.0 Å². The molecule has 0 bridgehead atoms. The molecule has 1 saturated carbocycles. The van der Waals surface area contributed by atoms with Crippen molar-refractivity contribution in [2.75, 3.05) is 27.7 Å². The molecule has 1 aliphatic carbocycles. The van der Waals surface area contributed by atoms with Crippen molar-refractivity contribution in [1.82, 2.24) is 9.80 Å². The van der Waals surface area contributed by atoms with Gasteiger partial charge in [0, 0.05) is 24.7 Å². The first-order chi connectivity index (χ1) is 9.35. The van der Waals surface area contributed by atoms with Crippen molar-refractivity contribution in [1.29, 1.82) is 0 Å². The number of phenolic OH excluding ortho intramolecular Hbond substituents is 1. The number of aryl methyl sites for hydroxylation is 1. The molecule has 20 heavy (non-hydrogen) atoms. The Hall–Kier alpha value is -1.55. The topological polar surface area (TPSA) is 43.8 Å². The quantitative estimate of drug-likeness (QED) is 0.917. The molecule has 0 saturated heterocycles. The molecule has 0 unspecified atom stereocenters. The Balaban J connectivity index is 2.12. The molecule has 0 radical (unpaired) electrons. The molecule has 1 N–H and O–H groups in total. The first-order valence-corrected chi connectivity index (χ1v) is 7.08. The Bertz CT molecular complexity index is 507. The lowest BCUT2D eigenvalue weighted by Crippen LogP contribution is -2.57. The van der Waals surface area contributed by atoms with Crippen LogP contribution in [0.2, 0.25) is 0 Å². The van der Waals surface area contributed by atoms with E-state index in [4.69, 9.17) is 0 Å². The van der Waals surface area contributed by atoms with Gasteiger partial charge in [0.2, 0.25) is 0 Å². The third-order valence-corrected chi connectivity index (χ3v) is 4.55. The number of aromatic hydroxyl groups is 1. The maximum absolute atomic E-state index is 12.5. The van der Waals surface area contributed by atoms with E-state index < -0.39 is 0 Å². The van der Waals surface area contributed by atoms with E-state index in [1.165, 1.54) is 6.42 Å². The van der Waals surface area contributed by atoms with Crippen molar-refractivity contribution < 1.29 is 9.90 Å². The smallest absolute Gasteiger partial charge is 0.253 e. The standard InChI is InChI=1S/C16H24N2O2/c1-12-10-13(19)6-7-14(12)15(20)18(4)11-16(17(2)3)8-5-9-16/h6-7,10,19H,5,8-9,11H2,1-4H3. The first kappa shape index (κ1) is 14.9. The van der Waals surface area contributed by atoms with Gasteiger partial charge in [0.25, 0.3) is 5.91 Å². The van der Waals surface area contributed by atoms with Gasteiger partial charge in [-0.1, -0.05) is 0 Å². The third kappa shape index (κ3) is 2.66. The molecule has 0 aromatic heterocycles. The number of amides is 1. The van der Waals surface area contributed by atoms with Gasteiger partial charge >= 0.3 is 0 Å². The normalized spacial score (nSPS) is 16.9. The predicted octanol–water partition coefficient (Wildman–Crippen LogP) is 2.26. The first-order valence-electron chi connectivity index (χ1n) is 7.08. The number of nitrogens with zero attached hydrogens (tertiary/aromatic N) is 2. The van der Waals surface area contributed by atoms with Crippen LogP contribution in [0.15, 0.2) is 18.2 Å². The van der Waals surface area contributed by atoms with E-state index in [0.717, 1.165) is 24.9 Å². The molecule has 1 aliphatic rings. The van der Waals surface area contributed by atoms with Crippen molar-refractivity contribution in [2.45, 2.75) is 31.7 Å². The molecule has 4 nitrogen and oxygen atoms in total. The zero-order valence-electron chi connectivity index (χ0n) is 12.8. The second-order valence-electron chi connectivity index (χ2n) is 6.13. The van der Waals surface area contributed by atoms with Crippen LogP contribution in [0.5, 0.6) is 5.75 Å². The number of hydrogen-bond donors (Lipinski definition) is 1. The van der Waals surface area contributed by atoms with Crippen LogP contribution in [0.1, 0.15) is 35.2 Å². The minimum atomic E-state index is 0.0237. The Morgan fingerprint density at radius 1 is 1.30 bits per heavy atom. The molecule has 110 valence electrons. The average Bonchev–Trinajstić information content (AvgIpc) is 2.32. The summed E-state index contributed by atoms with van der Waals surface area (Å²) in [5, 5.41) is 9.43. The van der Waals surface area contributed by atoms with Crippen LogP contribution in [0.3, 0.4) is 0 Å². The molecule has 0 atom stereocenters. The lowest BCUT2D eigenvalue weighted by atomic mass is 9.75. The summed E-state index contributed by atoms with van der Waals surface area (Å²) < 4.78 is 0. The van der Waals surface area contributed by atoms with Crippen LogP contribution in [-0.4, -0.2) is 54.0 Å². The molecule has 2 rings (SSSR count). The zero-order valence-corrected chi connectivity index (χ0v) is 12.8. The van der Waals surface area contributed by atoms with Crippen molar-refractivity contribution in [3.05, 3.63) is 29.3 Å². The lowest BCUT2D eigenvalue weighted by molar-refractivity contribution is 0.0252. The van der Waals surface area contributed by atoms with Gasteiger partial charge < -0.3 is 14.9 Å². The van der Waals surface area contributed by atoms with Gasteiger partial charge in [-0.15, -0.1) is 0 Å². The van der Waals surface area contributed by atoms with Gasteiger partial charge in [-0.25, -0.2) is 0 Å². The Morgan fingerprint density at radius 3 is 2.40 bits per heavy atom. The SMILES string of the molecule is Cc1cc(O)ccc1C(=O)N(C)CC1(N(C)C)CCC1. The van der Waals surface area contributed by atoms with Gasteiger partial charge in [-0.3, -0.25) is 4.79 Å². The van der Waals surface area contributed by atoms with Crippen LogP contribution >= 0.6 is 0 Å². The summed E-state index contributed by atoms with van der Waals surface area (Å²) >= 11 is 0. The van der Waals surface area contributed by atoms with E-state index in [1.54, 1.807) is 23.1 Å². The maximum Gasteiger partial charge on any atom is 0.253 e. The highest BCUT2D eigenvalue weighted by atomic mass is 16.3. The number of likely N-dealkylation sites (N-methyl/N-ethyl adjacent to an activating group) is 2. The van der Waals surface area contributed by atoms with E-state index in [9.17, 15) is 9.90 Å². The van der Waals surface area contributed by atoms with Gasteiger partial charge in [0.15, 0.2) is 0 Å². The number of benzene rings is 1. The molecule has 1 amide bonds. The van der Waals surface area contributed by atoms with Crippen molar-refractivity contribution in [3.63, 3.8) is 0 Å². The highest BCUT2D eigenvalue weighted by Crippen LogP contribution is 2.36. The summed E-state index contributed by atoms with van der Waals surface area (Å²) in [7, 11) is 6.03. The molecule has 0 spiro atoms. The Labute approximate surface area is 121 Å². The predicted molar refractivity (Wildman–Crippen MR) is 80.1 cm³/mol. The molecule has 0 aliphatic heterocycles. The number of rotatable bonds is 4. The summed E-state index contributed by atoms with van der Waals surface area (Å²) in [6, 6.07) is 4.90.